The number of carbonyl (C=O) groups is 6. The van der Waals surface area contributed by atoms with Crippen molar-refractivity contribution in [1.82, 2.24) is 37.2 Å². The molecule has 3 aliphatic rings. The van der Waals surface area contributed by atoms with Crippen molar-refractivity contribution in [3.05, 3.63) is 59.7 Å². The lowest BCUT2D eigenvalue weighted by molar-refractivity contribution is -0.127. The summed E-state index contributed by atoms with van der Waals surface area (Å²) in [6.07, 6.45) is 3.21. The fraction of sp³-hybridized carbons (Fsp3) is 0.581. The summed E-state index contributed by atoms with van der Waals surface area (Å²) in [5.74, 6) is 0.0860. The second-order valence-corrected chi connectivity index (χ2v) is 16.2. The average Bonchev–Trinajstić information content (AvgIpc) is 3.93. The Bertz CT molecular complexity index is 1730. The number of rotatable bonds is 30. The molecule has 0 saturated carbocycles. The van der Waals surface area contributed by atoms with E-state index >= 15 is 0 Å². The van der Waals surface area contributed by atoms with Crippen LogP contribution < -0.4 is 37.2 Å². The van der Waals surface area contributed by atoms with Crippen molar-refractivity contribution < 1.29 is 52.5 Å². The summed E-state index contributed by atoms with van der Waals surface area (Å²) >= 11 is 1.88. The lowest BCUT2D eigenvalue weighted by Crippen LogP contribution is -2.36. The number of urea groups is 1. The average molecular weight is 884 g/mol. The zero-order valence-corrected chi connectivity index (χ0v) is 36.0. The number of amides is 7. The first-order chi connectivity index (χ1) is 30.3. The molecule has 2 aromatic carbocycles. The normalized spacial score (nSPS) is 17.2. The van der Waals surface area contributed by atoms with Crippen LogP contribution in [0.1, 0.15) is 55.6 Å². The maximum absolute atomic E-state index is 12.3. The summed E-state index contributed by atoms with van der Waals surface area (Å²) in [5.41, 5.74) is 4.56. The van der Waals surface area contributed by atoms with Crippen LogP contribution in [0.25, 0.3) is 11.1 Å². The molecule has 19 heteroatoms. The summed E-state index contributed by atoms with van der Waals surface area (Å²) in [6.45, 7) is 3.12. The standard InChI is InChI=1S/C43H61N7O11S/c51-37(13-6-5-12-36-41-35(29-62-36)49-42(55)50-41)46-18-20-57-22-25-60-28-40(54)47-19-21-58-23-24-59-27-39(53)45-16-7-15-44-38(52)14-17-48-43(56)61-26-34-32-10-3-1-8-30(32)31-9-2-4-11-33(31)34/h1-4,8-11,34-36,41H,5-7,12-29H2,(H,44,52)(H,45,53)(H,46,51)(H,47,54)(H,48,56)(H2,49,50,55)/t35-,36-,41-/m0/s1. The molecule has 1 aliphatic carbocycles. The summed E-state index contributed by atoms with van der Waals surface area (Å²) < 4.78 is 27.0. The first-order valence-electron chi connectivity index (χ1n) is 21.4. The Balaban J connectivity index is 0.725. The Morgan fingerprint density at radius 2 is 1.16 bits per heavy atom. The largest absolute Gasteiger partial charge is 0.449 e. The number of benzene rings is 2. The minimum Gasteiger partial charge on any atom is -0.449 e. The zero-order valence-electron chi connectivity index (χ0n) is 35.2. The van der Waals surface area contributed by atoms with Crippen LogP contribution in [0.3, 0.4) is 0 Å². The van der Waals surface area contributed by atoms with Crippen molar-refractivity contribution in [3.8, 4) is 11.1 Å². The van der Waals surface area contributed by atoms with Crippen molar-refractivity contribution in [2.75, 3.05) is 97.9 Å². The Hall–Kier alpha value is -4.95. The number of hydrogen-bond acceptors (Lipinski definition) is 12. The number of nitrogens with one attached hydrogen (secondary N) is 7. The number of alkyl carbamates (subject to hydrolysis) is 1. The summed E-state index contributed by atoms with van der Waals surface area (Å²) in [5, 5.41) is 20.0. The number of thioether (sulfide) groups is 1. The fourth-order valence-corrected chi connectivity index (χ4v) is 8.86. The van der Waals surface area contributed by atoms with Gasteiger partial charge >= 0.3 is 12.1 Å². The summed E-state index contributed by atoms with van der Waals surface area (Å²) in [6, 6.07) is 16.5. The van der Waals surface area contributed by atoms with E-state index in [4.69, 9.17) is 23.7 Å². The number of fused-ring (bicyclic) bond motifs is 4. The molecule has 0 unspecified atom stereocenters. The van der Waals surface area contributed by atoms with Gasteiger partial charge in [0.1, 0.15) is 19.8 Å². The molecule has 0 spiro atoms. The Labute approximate surface area is 366 Å². The van der Waals surface area contributed by atoms with Crippen LogP contribution >= 0.6 is 11.8 Å². The molecule has 7 amide bonds. The van der Waals surface area contributed by atoms with Crippen molar-refractivity contribution in [3.63, 3.8) is 0 Å². The van der Waals surface area contributed by atoms with E-state index in [1.807, 2.05) is 36.0 Å². The van der Waals surface area contributed by atoms with Gasteiger partial charge < -0.3 is 60.9 Å². The van der Waals surface area contributed by atoms with E-state index in [2.05, 4.69) is 61.5 Å². The van der Waals surface area contributed by atoms with Crippen molar-refractivity contribution in [1.29, 1.82) is 0 Å². The highest BCUT2D eigenvalue weighted by molar-refractivity contribution is 8.00. The first-order valence-corrected chi connectivity index (χ1v) is 22.5. The van der Waals surface area contributed by atoms with E-state index in [1.165, 1.54) is 0 Å². The monoisotopic (exact) mass is 883 g/mol. The molecule has 7 N–H and O–H groups in total. The molecule has 2 fully saturated rings. The van der Waals surface area contributed by atoms with Crippen molar-refractivity contribution >= 4 is 47.5 Å². The molecule has 2 aliphatic heterocycles. The van der Waals surface area contributed by atoms with Gasteiger partial charge in [0, 0.05) is 62.5 Å². The van der Waals surface area contributed by atoms with Gasteiger partial charge in [-0.15, -0.1) is 0 Å². The number of hydrogen-bond donors (Lipinski definition) is 7. The van der Waals surface area contributed by atoms with E-state index in [-0.39, 0.29) is 107 Å². The number of ether oxygens (including phenoxy) is 5. The highest BCUT2D eigenvalue weighted by atomic mass is 32.2. The van der Waals surface area contributed by atoms with Crippen molar-refractivity contribution in [2.45, 2.75) is 61.8 Å². The van der Waals surface area contributed by atoms with Crippen LogP contribution in [0.4, 0.5) is 9.59 Å². The molecule has 2 saturated heterocycles. The fourth-order valence-electron chi connectivity index (χ4n) is 7.32. The second kappa shape index (κ2) is 27.2. The van der Waals surface area contributed by atoms with Crippen LogP contribution in [0.5, 0.6) is 0 Å². The molecule has 2 aromatic rings. The minimum atomic E-state index is -0.574. The van der Waals surface area contributed by atoms with Gasteiger partial charge in [0.15, 0.2) is 0 Å². The Morgan fingerprint density at radius 1 is 0.597 bits per heavy atom. The Morgan fingerprint density at radius 3 is 1.82 bits per heavy atom. The van der Waals surface area contributed by atoms with Gasteiger partial charge in [0.05, 0.1) is 51.7 Å². The SMILES string of the molecule is O=C(CCCC[C@@H]1SC[C@@H]2NC(=O)N[C@@H]21)NCCOCCOCC(=O)NCCOCCOCC(=O)NCCCNC(=O)CCNC(=O)OCC1c2ccccc2-c2ccccc21. The summed E-state index contributed by atoms with van der Waals surface area (Å²) in [7, 11) is 0. The maximum atomic E-state index is 12.3. The predicted octanol–water partition coefficient (Wildman–Crippen LogP) is 1.56. The quantitative estimate of drug-likeness (QED) is 0.0438. The molecule has 2 heterocycles. The lowest BCUT2D eigenvalue weighted by atomic mass is 9.98. The van der Waals surface area contributed by atoms with E-state index in [9.17, 15) is 28.8 Å². The highest BCUT2D eigenvalue weighted by Crippen LogP contribution is 2.44. The van der Waals surface area contributed by atoms with Crippen molar-refractivity contribution in [2.24, 2.45) is 0 Å². The first kappa shape index (κ1) is 48.1. The van der Waals surface area contributed by atoms with Gasteiger partial charge in [-0.05, 0) is 41.5 Å². The van der Waals surface area contributed by atoms with Gasteiger partial charge in [-0.1, -0.05) is 55.0 Å². The molecular formula is C43H61N7O11S. The van der Waals surface area contributed by atoms with Crippen LogP contribution in [-0.2, 0) is 42.9 Å². The molecular weight excluding hydrogens is 823 g/mol. The van der Waals surface area contributed by atoms with Gasteiger partial charge in [0.25, 0.3) is 0 Å². The van der Waals surface area contributed by atoms with Gasteiger partial charge in [-0.25, -0.2) is 9.59 Å². The smallest absolute Gasteiger partial charge is 0.407 e. The van der Waals surface area contributed by atoms with E-state index in [1.54, 1.807) is 0 Å². The van der Waals surface area contributed by atoms with Crippen LogP contribution in [0.15, 0.2) is 48.5 Å². The van der Waals surface area contributed by atoms with E-state index < -0.39 is 6.09 Å². The molecule has 5 rings (SSSR count). The topological polar surface area (TPSA) is 233 Å². The van der Waals surface area contributed by atoms with E-state index in [0.29, 0.717) is 57.5 Å². The highest BCUT2D eigenvalue weighted by Gasteiger charge is 2.42. The van der Waals surface area contributed by atoms with Crippen LogP contribution in [0, 0.1) is 0 Å². The molecule has 0 radical (unpaired) electrons. The third-order valence-corrected chi connectivity index (χ3v) is 11.9. The molecule has 3 atom stereocenters. The molecule has 0 bridgehead atoms. The van der Waals surface area contributed by atoms with Gasteiger partial charge in [-0.2, -0.15) is 11.8 Å². The Kier molecular flexibility index (Phi) is 21.1. The zero-order chi connectivity index (χ0) is 43.8. The third kappa shape index (κ3) is 16.7. The lowest BCUT2D eigenvalue weighted by Gasteiger charge is -2.16. The molecule has 62 heavy (non-hydrogen) atoms. The molecule has 18 nitrogen and oxygen atoms in total. The van der Waals surface area contributed by atoms with Crippen LogP contribution in [-0.4, -0.2) is 151 Å². The third-order valence-electron chi connectivity index (χ3n) is 10.4. The number of carbonyl (C=O) groups excluding carboxylic acids is 6. The van der Waals surface area contributed by atoms with Gasteiger partial charge in [0.2, 0.25) is 23.6 Å². The summed E-state index contributed by atoms with van der Waals surface area (Å²) in [4.78, 5) is 72.0. The number of unbranched alkanes of at least 4 members (excludes halogenated alkanes) is 1. The minimum absolute atomic E-state index is 0.0134. The van der Waals surface area contributed by atoms with E-state index in [0.717, 1.165) is 47.3 Å². The predicted molar refractivity (Wildman–Crippen MR) is 232 cm³/mol. The second-order valence-electron chi connectivity index (χ2n) is 15.0. The van der Waals surface area contributed by atoms with Crippen LogP contribution in [0.2, 0.25) is 0 Å². The maximum Gasteiger partial charge on any atom is 0.407 e. The van der Waals surface area contributed by atoms with Gasteiger partial charge in [-0.3, -0.25) is 19.2 Å². The molecule has 340 valence electrons. The molecule has 0 aromatic heterocycles.